The molecular weight excluding hydrogens is 403 g/mol. The van der Waals surface area contributed by atoms with E-state index in [2.05, 4.69) is 16.3 Å². The Bertz CT molecular complexity index is 698. The van der Waals surface area contributed by atoms with Gasteiger partial charge in [-0.1, -0.05) is 18.2 Å². The topological polar surface area (TPSA) is 76.1 Å². The molecule has 3 aliphatic heterocycles. The number of carbonyl (C=O) groups excluding carboxylic acids is 2. The minimum atomic E-state index is -0.425. The molecule has 2 saturated heterocycles. The number of hydrogen-bond donors (Lipinski definition) is 2. The number of amides is 2. The van der Waals surface area contributed by atoms with Crippen LogP contribution in [-0.2, 0) is 16.0 Å². The van der Waals surface area contributed by atoms with Crippen LogP contribution in [0.25, 0.3) is 0 Å². The quantitative estimate of drug-likeness (QED) is 0.720. The molecule has 0 spiro atoms. The van der Waals surface area contributed by atoms with E-state index in [1.165, 1.54) is 5.56 Å². The number of fused-ring (bicyclic) bond motifs is 1. The number of aliphatic hydroxyl groups excluding tert-OH is 1. The molecule has 0 radical (unpaired) electrons. The highest BCUT2D eigenvalue weighted by atomic mass is 35.5. The molecule has 0 aliphatic carbocycles. The van der Waals surface area contributed by atoms with Crippen LogP contribution < -0.4 is 10.2 Å². The first kappa shape index (κ1) is 22.9. The Kier molecular flexibility index (Phi) is 8.09. The molecule has 3 aliphatic rings. The van der Waals surface area contributed by atoms with E-state index in [1.807, 2.05) is 28.0 Å². The highest BCUT2D eigenvalue weighted by molar-refractivity contribution is 5.96. The predicted octanol–water partition coefficient (Wildman–Crippen LogP) is 0.286. The lowest BCUT2D eigenvalue weighted by Crippen LogP contribution is -2.54. The van der Waals surface area contributed by atoms with Gasteiger partial charge in [0.15, 0.2) is 0 Å². The maximum absolute atomic E-state index is 12.7. The SMILES string of the molecule is Cl.Cl.O=C(C1CC(O)CN1)N1CCN(CC(=O)N2CCc3ccccc32)CC1. The monoisotopic (exact) mass is 430 g/mol. The summed E-state index contributed by atoms with van der Waals surface area (Å²) in [6.07, 6.45) is 0.988. The molecule has 1 aromatic carbocycles. The van der Waals surface area contributed by atoms with E-state index in [0.717, 1.165) is 18.7 Å². The number of para-hydroxylation sites is 1. The number of nitrogens with one attached hydrogen (secondary N) is 1. The average molecular weight is 431 g/mol. The standard InChI is InChI=1S/C19H26N4O3.2ClH/c24-15-11-16(20-12-15)19(26)22-9-7-21(8-10-22)13-18(25)23-6-5-14-3-1-2-4-17(14)23;;/h1-4,15-16,20,24H,5-13H2;2*1H. The minimum absolute atomic E-state index is 0. The number of halogens is 2. The van der Waals surface area contributed by atoms with Crippen LogP contribution in [0, 0.1) is 0 Å². The van der Waals surface area contributed by atoms with Crippen molar-refractivity contribution in [2.75, 3.05) is 50.7 Å². The van der Waals surface area contributed by atoms with Crippen molar-refractivity contribution in [3.8, 4) is 0 Å². The molecule has 3 heterocycles. The Morgan fingerprint density at radius 2 is 1.79 bits per heavy atom. The number of piperazine rings is 1. The van der Waals surface area contributed by atoms with Gasteiger partial charge in [0.2, 0.25) is 11.8 Å². The molecule has 2 amide bonds. The van der Waals surface area contributed by atoms with E-state index < -0.39 is 6.10 Å². The molecule has 4 rings (SSSR count). The first-order valence-corrected chi connectivity index (χ1v) is 9.42. The van der Waals surface area contributed by atoms with Crippen LogP contribution in [0.5, 0.6) is 0 Å². The fraction of sp³-hybridized carbons (Fsp3) is 0.579. The second-order valence-corrected chi connectivity index (χ2v) is 7.38. The lowest BCUT2D eigenvalue weighted by Gasteiger charge is -2.36. The van der Waals surface area contributed by atoms with Crippen LogP contribution in [0.4, 0.5) is 5.69 Å². The lowest BCUT2D eigenvalue weighted by atomic mass is 10.1. The predicted molar refractivity (Wildman–Crippen MR) is 112 cm³/mol. The fourth-order valence-electron chi connectivity index (χ4n) is 4.13. The van der Waals surface area contributed by atoms with Gasteiger partial charge in [-0.25, -0.2) is 0 Å². The minimum Gasteiger partial charge on any atom is -0.392 e. The number of β-amino-alcohol motifs (C(OH)–C–C–N with tert-alkyl or cyclic N) is 1. The summed E-state index contributed by atoms with van der Waals surface area (Å²) >= 11 is 0. The van der Waals surface area contributed by atoms with E-state index in [9.17, 15) is 14.7 Å². The Balaban J connectivity index is 0.00000140. The number of carbonyl (C=O) groups is 2. The molecule has 2 fully saturated rings. The Labute approximate surface area is 177 Å². The summed E-state index contributed by atoms with van der Waals surface area (Å²) in [7, 11) is 0. The Morgan fingerprint density at radius 3 is 2.46 bits per heavy atom. The first-order chi connectivity index (χ1) is 12.6. The Hall–Kier alpha value is -1.38. The number of aliphatic hydroxyl groups is 1. The number of anilines is 1. The molecule has 1 aromatic rings. The summed E-state index contributed by atoms with van der Waals surface area (Å²) in [4.78, 5) is 31.0. The van der Waals surface area contributed by atoms with Gasteiger partial charge in [-0.2, -0.15) is 0 Å². The van der Waals surface area contributed by atoms with Gasteiger partial charge in [0, 0.05) is 45.0 Å². The normalized spacial score (nSPS) is 24.3. The smallest absolute Gasteiger partial charge is 0.241 e. The van der Waals surface area contributed by atoms with Crippen LogP contribution in [0.3, 0.4) is 0 Å². The second kappa shape index (κ2) is 9.89. The first-order valence-electron chi connectivity index (χ1n) is 9.42. The van der Waals surface area contributed by atoms with Crippen LogP contribution in [0.15, 0.2) is 24.3 Å². The van der Waals surface area contributed by atoms with Gasteiger partial charge in [-0.05, 0) is 24.5 Å². The van der Waals surface area contributed by atoms with Gasteiger partial charge in [0.05, 0.1) is 18.7 Å². The van der Waals surface area contributed by atoms with E-state index in [1.54, 1.807) is 0 Å². The summed E-state index contributed by atoms with van der Waals surface area (Å²) in [5.74, 6) is 0.205. The largest absolute Gasteiger partial charge is 0.392 e. The maximum Gasteiger partial charge on any atom is 0.241 e. The molecular formula is C19H28Cl2N4O3. The molecule has 0 saturated carbocycles. The maximum atomic E-state index is 12.7. The molecule has 2 unspecified atom stereocenters. The highest BCUT2D eigenvalue weighted by Gasteiger charge is 2.33. The molecule has 2 N–H and O–H groups in total. The van der Waals surface area contributed by atoms with Crippen molar-refractivity contribution in [3.63, 3.8) is 0 Å². The summed E-state index contributed by atoms with van der Waals surface area (Å²) in [5.41, 5.74) is 2.28. The lowest BCUT2D eigenvalue weighted by molar-refractivity contribution is -0.135. The van der Waals surface area contributed by atoms with Crippen molar-refractivity contribution in [1.29, 1.82) is 0 Å². The van der Waals surface area contributed by atoms with Gasteiger partial charge in [-0.15, -0.1) is 24.8 Å². The zero-order chi connectivity index (χ0) is 18.1. The van der Waals surface area contributed by atoms with Crippen LogP contribution in [0.2, 0.25) is 0 Å². The van der Waals surface area contributed by atoms with Gasteiger partial charge in [0.25, 0.3) is 0 Å². The third kappa shape index (κ3) is 4.78. The van der Waals surface area contributed by atoms with Crippen LogP contribution >= 0.6 is 24.8 Å². The number of rotatable bonds is 3. The average Bonchev–Trinajstić information content (AvgIpc) is 3.28. The molecule has 156 valence electrons. The van der Waals surface area contributed by atoms with Gasteiger partial charge < -0.3 is 20.2 Å². The van der Waals surface area contributed by atoms with Crippen LogP contribution in [0.1, 0.15) is 12.0 Å². The number of hydrogen-bond acceptors (Lipinski definition) is 5. The zero-order valence-corrected chi connectivity index (χ0v) is 17.4. The molecule has 9 heteroatoms. The van der Waals surface area contributed by atoms with Crippen molar-refractivity contribution in [2.45, 2.75) is 25.0 Å². The highest BCUT2D eigenvalue weighted by Crippen LogP contribution is 2.27. The van der Waals surface area contributed by atoms with E-state index in [0.29, 0.717) is 45.7 Å². The third-order valence-corrected chi connectivity index (χ3v) is 5.64. The molecule has 2 atom stereocenters. The Morgan fingerprint density at radius 1 is 1.07 bits per heavy atom. The number of benzene rings is 1. The number of nitrogens with zero attached hydrogens (tertiary/aromatic N) is 3. The molecule has 0 aromatic heterocycles. The zero-order valence-electron chi connectivity index (χ0n) is 15.7. The summed E-state index contributed by atoms with van der Waals surface area (Å²) in [6, 6.07) is 7.82. The molecule has 0 bridgehead atoms. The molecule has 28 heavy (non-hydrogen) atoms. The van der Waals surface area contributed by atoms with Crippen molar-refractivity contribution < 1.29 is 14.7 Å². The van der Waals surface area contributed by atoms with Crippen molar-refractivity contribution in [3.05, 3.63) is 29.8 Å². The van der Waals surface area contributed by atoms with E-state index >= 15 is 0 Å². The second-order valence-electron chi connectivity index (χ2n) is 7.38. The molecule has 7 nitrogen and oxygen atoms in total. The van der Waals surface area contributed by atoms with Crippen LogP contribution in [-0.4, -0.2) is 84.7 Å². The fourth-order valence-corrected chi connectivity index (χ4v) is 4.13. The van der Waals surface area contributed by atoms with Crippen molar-refractivity contribution in [2.24, 2.45) is 0 Å². The van der Waals surface area contributed by atoms with E-state index in [4.69, 9.17) is 0 Å². The summed E-state index contributed by atoms with van der Waals surface area (Å²) < 4.78 is 0. The summed E-state index contributed by atoms with van der Waals surface area (Å²) in [6.45, 7) is 4.34. The summed E-state index contributed by atoms with van der Waals surface area (Å²) in [5, 5.41) is 12.7. The van der Waals surface area contributed by atoms with E-state index in [-0.39, 0.29) is 42.7 Å². The van der Waals surface area contributed by atoms with Gasteiger partial charge in [0.1, 0.15) is 0 Å². The van der Waals surface area contributed by atoms with Gasteiger partial charge in [-0.3, -0.25) is 14.5 Å². The van der Waals surface area contributed by atoms with Crippen molar-refractivity contribution >= 4 is 42.3 Å². The van der Waals surface area contributed by atoms with Gasteiger partial charge >= 0.3 is 0 Å². The van der Waals surface area contributed by atoms with Crippen molar-refractivity contribution in [1.82, 2.24) is 15.1 Å². The third-order valence-electron chi connectivity index (χ3n) is 5.64.